The number of H-pyrrole nitrogens is 1. The van der Waals surface area contributed by atoms with Crippen LogP contribution in [0.15, 0.2) is 55.1 Å². The van der Waals surface area contributed by atoms with Crippen molar-refractivity contribution in [3.05, 3.63) is 82.5 Å². The molecule has 3 N–H and O–H groups in total. The molecule has 4 aromatic rings. The number of carbonyl (C=O) groups is 2. The molecule has 5 rings (SSSR count). The van der Waals surface area contributed by atoms with E-state index in [9.17, 15) is 14.7 Å². The Morgan fingerprint density at radius 2 is 2.03 bits per heavy atom. The number of aliphatic hydroxyl groups excluding tert-OH is 1. The number of aromatic nitrogens is 4. The summed E-state index contributed by atoms with van der Waals surface area (Å²) in [5, 5.41) is 13.5. The third-order valence-electron chi connectivity index (χ3n) is 6.22. The lowest BCUT2D eigenvalue weighted by Crippen LogP contribution is -2.36. The Hall–Kier alpha value is -3.66. The standard InChI is InChI=1S/C26H24ClN5O4/c27-20-9-15(10-22(34)21-3-1-2-8-28-21)4-7-18(20)24(35)19-11-29-25-23(19)26(31-14-30-25)32-16-5-6-17(12-33)36-13-16/h1-4,7-9,11,14,16-17,33H,5-6,10,12-13H2,(H2,29,30,31,32)/t16-,17+/m1/s1. The summed E-state index contributed by atoms with van der Waals surface area (Å²) in [4.78, 5) is 41.8. The maximum absolute atomic E-state index is 13.5. The highest BCUT2D eigenvalue weighted by Crippen LogP contribution is 2.30. The third-order valence-corrected chi connectivity index (χ3v) is 6.54. The first-order chi connectivity index (χ1) is 17.5. The SMILES string of the molecule is O=C(Cc1ccc(C(=O)c2c[nH]c3ncnc(N[C@@H]4CC[C@@H](CO)OC4)c23)c(Cl)c1)c1ccccn1. The molecule has 0 amide bonds. The van der Waals surface area contributed by atoms with Gasteiger partial charge in [0.1, 0.15) is 23.5 Å². The van der Waals surface area contributed by atoms with Crippen LogP contribution >= 0.6 is 11.6 Å². The number of halogens is 1. The molecule has 9 nitrogen and oxygen atoms in total. The molecule has 1 fully saturated rings. The maximum Gasteiger partial charge on any atom is 0.196 e. The van der Waals surface area contributed by atoms with Crippen LogP contribution in [0.25, 0.3) is 11.0 Å². The summed E-state index contributed by atoms with van der Waals surface area (Å²) in [7, 11) is 0. The van der Waals surface area contributed by atoms with Crippen molar-refractivity contribution in [3.8, 4) is 0 Å². The molecule has 1 aliphatic heterocycles. The number of hydrogen-bond donors (Lipinski definition) is 3. The van der Waals surface area contributed by atoms with E-state index < -0.39 is 0 Å². The van der Waals surface area contributed by atoms with Crippen molar-refractivity contribution >= 4 is 40.0 Å². The summed E-state index contributed by atoms with van der Waals surface area (Å²) >= 11 is 6.50. The van der Waals surface area contributed by atoms with Gasteiger partial charge in [-0.1, -0.05) is 23.7 Å². The number of Topliss-reactive ketones (excluding diaryl/α,β-unsaturated/α-hetero) is 1. The molecule has 4 heterocycles. The monoisotopic (exact) mass is 505 g/mol. The summed E-state index contributed by atoms with van der Waals surface area (Å²) < 4.78 is 5.66. The number of anilines is 1. The van der Waals surface area contributed by atoms with Gasteiger partial charge in [-0.2, -0.15) is 0 Å². The second-order valence-electron chi connectivity index (χ2n) is 8.66. The first-order valence-corrected chi connectivity index (χ1v) is 12.0. The molecule has 10 heteroatoms. The van der Waals surface area contributed by atoms with Crippen LogP contribution in [-0.2, 0) is 11.2 Å². The van der Waals surface area contributed by atoms with Crippen LogP contribution < -0.4 is 5.32 Å². The van der Waals surface area contributed by atoms with Crippen molar-refractivity contribution in [1.82, 2.24) is 19.9 Å². The van der Waals surface area contributed by atoms with Crippen LogP contribution in [0.2, 0.25) is 5.02 Å². The van der Waals surface area contributed by atoms with Crippen LogP contribution in [0.5, 0.6) is 0 Å². The van der Waals surface area contributed by atoms with Gasteiger partial charge in [0.2, 0.25) is 0 Å². The van der Waals surface area contributed by atoms with Gasteiger partial charge in [0.15, 0.2) is 11.6 Å². The largest absolute Gasteiger partial charge is 0.394 e. The molecule has 1 aliphatic rings. The van der Waals surface area contributed by atoms with E-state index in [1.54, 1.807) is 48.8 Å². The van der Waals surface area contributed by atoms with Crippen molar-refractivity contribution in [2.24, 2.45) is 0 Å². The molecule has 3 aromatic heterocycles. The minimum atomic E-state index is -0.285. The number of aromatic amines is 1. The number of pyridine rings is 1. The zero-order valence-electron chi connectivity index (χ0n) is 19.3. The van der Waals surface area contributed by atoms with Gasteiger partial charge in [0.05, 0.1) is 41.3 Å². The van der Waals surface area contributed by atoms with E-state index in [4.69, 9.17) is 16.3 Å². The van der Waals surface area contributed by atoms with E-state index in [-0.39, 0.29) is 41.8 Å². The van der Waals surface area contributed by atoms with Crippen LogP contribution in [-0.4, -0.2) is 62.0 Å². The summed E-state index contributed by atoms with van der Waals surface area (Å²) in [6.07, 6.45) is 6.10. The van der Waals surface area contributed by atoms with Crippen LogP contribution in [0.1, 0.15) is 44.8 Å². The molecule has 1 aromatic carbocycles. The molecule has 0 spiro atoms. The summed E-state index contributed by atoms with van der Waals surface area (Å²) in [6, 6.07) is 10.2. The highest BCUT2D eigenvalue weighted by molar-refractivity contribution is 6.35. The molecule has 0 saturated carbocycles. The van der Waals surface area contributed by atoms with Gasteiger partial charge in [-0.3, -0.25) is 14.6 Å². The van der Waals surface area contributed by atoms with Crippen LogP contribution in [0, 0.1) is 0 Å². The summed E-state index contributed by atoms with van der Waals surface area (Å²) in [5.74, 6) is 0.105. The van der Waals surface area contributed by atoms with Gasteiger partial charge < -0.3 is 20.1 Å². The lowest BCUT2D eigenvalue weighted by molar-refractivity contribution is -0.0224. The number of hydrogen-bond acceptors (Lipinski definition) is 8. The number of ether oxygens (including phenoxy) is 1. The zero-order valence-corrected chi connectivity index (χ0v) is 20.0. The Kier molecular flexibility index (Phi) is 7.04. The summed E-state index contributed by atoms with van der Waals surface area (Å²) in [6.45, 7) is 0.423. The van der Waals surface area contributed by atoms with Gasteiger partial charge >= 0.3 is 0 Å². The molecule has 0 unspecified atom stereocenters. The Balaban J connectivity index is 1.38. The van der Waals surface area contributed by atoms with Crippen molar-refractivity contribution in [3.63, 3.8) is 0 Å². The third kappa shape index (κ3) is 4.99. The minimum Gasteiger partial charge on any atom is -0.394 e. The van der Waals surface area contributed by atoms with Crippen LogP contribution in [0.3, 0.4) is 0 Å². The van der Waals surface area contributed by atoms with Crippen molar-refractivity contribution in [2.45, 2.75) is 31.4 Å². The van der Waals surface area contributed by atoms with Crippen molar-refractivity contribution in [1.29, 1.82) is 0 Å². The first-order valence-electron chi connectivity index (χ1n) is 11.6. The number of nitrogens with zero attached hydrogens (tertiary/aromatic N) is 3. The average Bonchev–Trinajstić information content (AvgIpc) is 3.35. The molecule has 184 valence electrons. The summed E-state index contributed by atoms with van der Waals surface area (Å²) in [5.41, 5.74) is 2.29. The van der Waals surface area contributed by atoms with Gasteiger partial charge in [-0.05, 0) is 42.7 Å². The molecular formula is C26H24ClN5O4. The average molecular weight is 506 g/mol. The normalized spacial score (nSPS) is 17.7. The fraction of sp³-hybridized carbons (Fsp3) is 0.269. The van der Waals surface area contributed by atoms with Crippen molar-refractivity contribution < 1.29 is 19.4 Å². The minimum absolute atomic E-state index is 0.00220. The topological polar surface area (TPSA) is 130 Å². The number of benzene rings is 1. The highest BCUT2D eigenvalue weighted by Gasteiger charge is 2.25. The van der Waals surface area contributed by atoms with Gasteiger partial charge in [-0.15, -0.1) is 0 Å². The molecule has 0 bridgehead atoms. The number of ketones is 2. The Morgan fingerprint density at radius 1 is 1.14 bits per heavy atom. The number of aliphatic hydroxyl groups is 1. The van der Waals surface area contributed by atoms with Gasteiger partial charge in [0, 0.05) is 24.4 Å². The van der Waals surface area contributed by atoms with Crippen molar-refractivity contribution in [2.75, 3.05) is 18.5 Å². The van der Waals surface area contributed by atoms with Crippen LogP contribution in [0.4, 0.5) is 5.82 Å². The van der Waals surface area contributed by atoms with E-state index >= 15 is 0 Å². The van der Waals surface area contributed by atoms with Gasteiger partial charge in [-0.25, -0.2) is 9.97 Å². The second-order valence-corrected chi connectivity index (χ2v) is 9.07. The maximum atomic E-state index is 13.5. The number of fused-ring (bicyclic) bond motifs is 1. The predicted octanol–water partition coefficient (Wildman–Crippen LogP) is 3.61. The molecule has 0 radical (unpaired) electrons. The van der Waals surface area contributed by atoms with Gasteiger partial charge in [0.25, 0.3) is 0 Å². The van der Waals surface area contributed by atoms with E-state index in [0.29, 0.717) is 45.8 Å². The molecule has 2 atom stereocenters. The first kappa shape index (κ1) is 24.1. The van der Waals surface area contributed by atoms with E-state index in [1.165, 1.54) is 6.33 Å². The fourth-order valence-corrected chi connectivity index (χ4v) is 4.60. The second kappa shape index (κ2) is 10.5. The lowest BCUT2D eigenvalue weighted by atomic mass is 9.99. The Labute approximate surface area is 211 Å². The quantitative estimate of drug-likeness (QED) is 0.309. The molecular weight excluding hydrogens is 482 g/mol. The molecule has 36 heavy (non-hydrogen) atoms. The number of nitrogens with one attached hydrogen (secondary N) is 2. The van der Waals surface area contributed by atoms with E-state index in [1.807, 2.05) is 0 Å². The smallest absolute Gasteiger partial charge is 0.196 e. The molecule has 0 aliphatic carbocycles. The zero-order chi connectivity index (χ0) is 25.1. The number of rotatable bonds is 8. The number of carbonyl (C=O) groups excluding carboxylic acids is 2. The predicted molar refractivity (Wildman–Crippen MR) is 135 cm³/mol. The Bertz CT molecular complexity index is 1400. The fourth-order valence-electron chi connectivity index (χ4n) is 4.31. The lowest BCUT2D eigenvalue weighted by Gasteiger charge is -2.29. The Morgan fingerprint density at radius 3 is 2.75 bits per heavy atom. The van der Waals surface area contributed by atoms with E-state index in [2.05, 4.69) is 25.3 Å². The molecule has 1 saturated heterocycles. The van der Waals surface area contributed by atoms with E-state index in [0.717, 1.165) is 12.8 Å². The highest BCUT2D eigenvalue weighted by atomic mass is 35.5.